The van der Waals surface area contributed by atoms with Crippen molar-refractivity contribution in [3.05, 3.63) is 77.4 Å². The average molecular weight is 429 g/mol. The van der Waals surface area contributed by atoms with Crippen molar-refractivity contribution in [1.82, 2.24) is 20.0 Å². The van der Waals surface area contributed by atoms with Crippen molar-refractivity contribution in [2.24, 2.45) is 0 Å². The van der Waals surface area contributed by atoms with Gasteiger partial charge >= 0.3 is 6.03 Å². The number of hydrogen-bond donors (Lipinski definition) is 2. The number of aryl methyl sites for hydroxylation is 2. The monoisotopic (exact) mass is 428 g/mol. The van der Waals surface area contributed by atoms with Crippen LogP contribution in [0.15, 0.2) is 69.5 Å². The number of nitrogens with one attached hydrogen (secondary N) is 2. The van der Waals surface area contributed by atoms with Gasteiger partial charge in [0.05, 0.1) is 0 Å². The third-order valence-electron chi connectivity index (χ3n) is 3.59. The molecule has 0 atom stereocenters. The molecule has 1 heterocycles. The molecule has 3 aromatic rings. The van der Waals surface area contributed by atoms with Crippen molar-refractivity contribution in [3.8, 4) is 0 Å². The zero-order valence-electron chi connectivity index (χ0n) is 15.6. The number of hydrogen-bond acceptors (Lipinski definition) is 6. The summed E-state index contributed by atoms with van der Waals surface area (Å²) in [7, 11) is 0. The number of carbonyl (C=O) groups excluding carboxylic acids is 2. The molecule has 148 valence electrons. The van der Waals surface area contributed by atoms with Crippen LogP contribution in [0.2, 0.25) is 0 Å². The SMILES string of the molecule is Cc1cc(C)nc(Sc2ccc(SNC(=O)NC(=O)c3ccc(F)cc3)cc2)n1. The predicted molar refractivity (Wildman–Crippen MR) is 110 cm³/mol. The zero-order valence-corrected chi connectivity index (χ0v) is 17.2. The molecule has 0 bridgehead atoms. The molecule has 3 rings (SSSR count). The fourth-order valence-electron chi connectivity index (χ4n) is 2.33. The highest BCUT2D eigenvalue weighted by atomic mass is 32.2. The van der Waals surface area contributed by atoms with Gasteiger partial charge in [-0.05, 0) is 92.2 Å². The molecule has 0 saturated heterocycles. The molecule has 1 aromatic heterocycles. The van der Waals surface area contributed by atoms with E-state index < -0.39 is 17.8 Å². The predicted octanol–water partition coefficient (Wildman–Crippen LogP) is 4.53. The maximum Gasteiger partial charge on any atom is 0.331 e. The van der Waals surface area contributed by atoms with E-state index in [1.807, 2.05) is 44.2 Å². The summed E-state index contributed by atoms with van der Waals surface area (Å²) in [6.45, 7) is 3.85. The molecule has 6 nitrogen and oxygen atoms in total. The molecule has 0 fully saturated rings. The molecule has 0 spiro atoms. The number of rotatable bonds is 5. The summed E-state index contributed by atoms with van der Waals surface area (Å²) in [5.74, 6) is -1.06. The number of amides is 3. The lowest BCUT2D eigenvalue weighted by molar-refractivity contribution is 0.0965. The van der Waals surface area contributed by atoms with Crippen LogP contribution in [0.4, 0.5) is 9.18 Å². The van der Waals surface area contributed by atoms with Crippen molar-refractivity contribution in [3.63, 3.8) is 0 Å². The Morgan fingerprint density at radius 1 is 0.897 bits per heavy atom. The van der Waals surface area contributed by atoms with E-state index in [0.29, 0.717) is 5.16 Å². The standard InChI is InChI=1S/C20H17FN4O2S2/c1-12-11-13(2)23-20(22-12)28-16-7-9-17(10-8-16)29-25-19(27)24-18(26)14-3-5-15(21)6-4-14/h3-11H,1-2H3,(H2,24,25,26,27). The first-order valence-corrected chi connectivity index (χ1v) is 10.2. The van der Waals surface area contributed by atoms with Gasteiger partial charge in [-0.15, -0.1) is 0 Å². The van der Waals surface area contributed by atoms with Crippen LogP contribution in [0.3, 0.4) is 0 Å². The van der Waals surface area contributed by atoms with Gasteiger partial charge in [-0.25, -0.2) is 19.2 Å². The average Bonchev–Trinajstić information content (AvgIpc) is 2.67. The van der Waals surface area contributed by atoms with Crippen LogP contribution < -0.4 is 10.0 Å². The fourth-order valence-corrected chi connectivity index (χ4v) is 3.72. The summed E-state index contributed by atoms with van der Waals surface area (Å²) >= 11 is 2.53. The maximum atomic E-state index is 12.9. The summed E-state index contributed by atoms with van der Waals surface area (Å²) in [5, 5.41) is 2.87. The van der Waals surface area contributed by atoms with E-state index in [0.717, 1.165) is 45.3 Å². The smallest absolute Gasteiger partial charge is 0.277 e. The maximum absolute atomic E-state index is 12.9. The minimum absolute atomic E-state index is 0.196. The highest BCUT2D eigenvalue weighted by molar-refractivity contribution is 7.99. The van der Waals surface area contributed by atoms with Gasteiger partial charge in [0.1, 0.15) is 5.82 Å². The Balaban J connectivity index is 1.51. The number of nitrogens with zero attached hydrogens (tertiary/aromatic N) is 2. The van der Waals surface area contributed by atoms with E-state index in [-0.39, 0.29) is 5.56 Å². The summed E-state index contributed by atoms with van der Waals surface area (Å²) in [5.41, 5.74) is 2.02. The third-order valence-corrected chi connectivity index (χ3v) is 5.26. The van der Waals surface area contributed by atoms with Crippen LogP contribution in [0.25, 0.3) is 0 Å². The number of carbonyl (C=O) groups is 2. The molecule has 0 radical (unpaired) electrons. The van der Waals surface area contributed by atoms with Crippen LogP contribution >= 0.6 is 23.7 Å². The molecule has 29 heavy (non-hydrogen) atoms. The second-order valence-electron chi connectivity index (χ2n) is 6.00. The number of imide groups is 1. The summed E-state index contributed by atoms with van der Waals surface area (Å²) in [6.07, 6.45) is 0. The van der Waals surface area contributed by atoms with E-state index in [4.69, 9.17) is 0 Å². The molecule has 0 aliphatic heterocycles. The van der Waals surface area contributed by atoms with Gasteiger partial charge in [-0.3, -0.25) is 14.8 Å². The minimum Gasteiger partial charge on any atom is -0.277 e. The molecule has 0 unspecified atom stereocenters. The van der Waals surface area contributed by atoms with Crippen molar-refractivity contribution in [2.45, 2.75) is 28.8 Å². The third kappa shape index (κ3) is 6.30. The van der Waals surface area contributed by atoms with E-state index in [1.165, 1.54) is 23.9 Å². The van der Waals surface area contributed by atoms with Gasteiger partial charge in [0.15, 0.2) is 5.16 Å². The number of aromatic nitrogens is 2. The van der Waals surface area contributed by atoms with Gasteiger partial charge in [-0.2, -0.15) is 0 Å². The first-order valence-electron chi connectivity index (χ1n) is 8.53. The Hall–Kier alpha value is -2.91. The van der Waals surface area contributed by atoms with E-state index >= 15 is 0 Å². The Morgan fingerprint density at radius 2 is 1.48 bits per heavy atom. The normalized spacial score (nSPS) is 10.4. The van der Waals surface area contributed by atoms with Gasteiger partial charge in [-0.1, -0.05) is 0 Å². The van der Waals surface area contributed by atoms with Crippen molar-refractivity contribution in [2.75, 3.05) is 0 Å². The summed E-state index contributed by atoms with van der Waals surface area (Å²) < 4.78 is 15.4. The lowest BCUT2D eigenvalue weighted by atomic mass is 10.2. The van der Waals surface area contributed by atoms with Crippen LogP contribution in [0.1, 0.15) is 21.7 Å². The topological polar surface area (TPSA) is 84.0 Å². The molecular weight excluding hydrogens is 411 g/mol. The number of halogens is 1. The Bertz CT molecular complexity index is 1010. The van der Waals surface area contributed by atoms with Crippen molar-refractivity contribution in [1.29, 1.82) is 0 Å². The van der Waals surface area contributed by atoms with Crippen LogP contribution in [0, 0.1) is 19.7 Å². The highest BCUT2D eigenvalue weighted by Gasteiger charge is 2.10. The zero-order chi connectivity index (χ0) is 20.8. The molecule has 0 aliphatic rings. The van der Waals surface area contributed by atoms with E-state index in [2.05, 4.69) is 20.0 Å². The molecule has 0 saturated carbocycles. The largest absolute Gasteiger partial charge is 0.331 e. The van der Waals surface area contributed by atoms with Gasteiger partial charge < -0.3 is 0 Å². The first-order chi connectivity index (χ1) is 13.9. The Kier molecular flexibility index (Phi) is 6.84. The molecule has 2 N–H and O–H groups in total. The molecule has 0 aliphatic carbocycles. The second-order valence-corrected chi connectivity index (χ2v) is 7.92. The fraction of sp³-hybridized carbons (Fsp3) is 0.100. The quantitative estimate of drug-likeness (QED) is 0.459. The Morgan fingerprint density at radius 3 is 2.10 bits per heavy atom. The van der Waals surface area contributed by atoms with Gasteiger partial charge in [0.25, 0.3) is 5.91 Å². The second kappa shape index (κ2) is 9.53. The lowest BCUT2D eigenvalue weighted by Crippen LogP contribution is -2.36. The van der Waals surface area contributed by atoms with Gasteiger partial charge in [0.2, 0.25) is 0 Å². The lowest BCUT2D eigenvalue weighted by Gasteiger charge is -2.07. The van der Waals surface area contributed by atoms with Crippen LogP contribution in [-0.2, 0) is 0 Å². The van der Waals surface area contributed by atoms with E-state index in [1.54, 1.807) is 0 Å². The van der Waals surface area contributed by atoms with Crippen molar-refractivity contribution >= 4 is 35.6 Å². The first kappa shape index (κ1) is 20.8. The van der Waals surface area contributed by atoms with Crippen LogP contribution in [0.5, 0.6) is 0 Å². The minimum atomic E-state index is -0.661. The van der Waals surface area contributed by atoms with Crippen molar-refractivity contribution < 1.29 is 14.0 Å². The summed E-state index contributed by atoms with van der Waals surface area (Å²) in [6, 6.07) is 13.7. The molecule has 2 aromatic carbocycles. The number of benzene rings is 2. The highest BCUT2D eigenvalue weighted by Crippen LogP contribution is 2.27. The van der Waals surface area contributed by atoms with E-state index in [9.17, 15) is 14.0 Å². The number of urea groups is 1. The summed E-state index contributed by atoms with van der Waals surface area (Å²) in [4.78, 5) is 34.4. The molecular formula is C20H17FN4O2S2. The Labute approximate surface area is 175 Å². The molecule has 9 heteroatoms. The van der Waals surface area contributed by atoms with Gasteiger partial charge in [0, 0.05) is 26.7 Å². The molecule has 3 amide bonds. The van der Waals surface area contributed by atoms with Crippen LogP contribution in [-0.4, -0.2) is 21.9 Å².